The summed E-state index contributed by atoms with van der Waals surface area (Å²) in [6.07, 6.45) is 4.30. The number of ether oxygens (including phenoxy) is 1. The molecule has 0 unspecified atom stereocenters. The molecule has 0 aliphatic carbocycles. The number of nitrogens with two attached hydrogens (primary N) is 1. The Kier molecular flexibility index (Phi) is 7.13. The Hall–Kier alpha value is -0.770. The number of amidine groups is 1. The summed E-state index contributed by atoms with van der Waals surface area (Å²) in [6.45, 7) is 7.52. The van der Waals surface area contributed by atoms with E-state index in [-0.39, 0.29) is 11.3 Å². The molecule has 0 aliphatic rings. The van der Waals surface area contributed by atoms with E-state index in [2.05, 4.69) is 12.1 Å². The van der Waals surface area contributed by atoms with Crippen LogP contribution in [0.2, 0.25) is 0 Å². The number of hydrogen-bond donors (Lipinski definition) is 2. The highest BCUT2D eigenvalue weighted by atomic mass is 16.5. The van der Waals surface area contributed by atoms with Gasteiger partial charge in [-0.1, -0.05) is 38.8 Å². The van der Waals surface area contributed by atoms with Gasteiger partial charge in [0.05, 0.1) is 0 Å². The van der Waals surface area contributed by atoms with Gasteiger partial charge in [-0.15, -0.1) is 0 Å². The third-order valence-corrected chi connectivity index (χ3v) is 2.56. The number of nitrogens with zero attached hydrogens (tertiary/aromatic N) is 1. The smallest absolute Gasteiger partial charge is 0.144 e. The van der Waals surface area contributed by atoms with Gasteiger partial charge in [-0.2, -0.15) is 0 Å². The van der Waals surface area contributed by atoms with Crippen molar-refractivity contribution < 1.29 is 9.94 Å². The highest BCUT2D eigenvalue weighted by molar-refractivity contribution is 5.85. The number of unbranched alkanes of at least 4 members (excludes halogenated alkanes) is 2. The molecule has 0 aliphatic heterocycles. The van der Waals surface area contributed by atoms with E-state index in [1.165, 1.54) is 12.8 Å². The Labute approximate surface area is 92.5 Å². The molecule has 0 bridgehead atoms. The summed E-state index contributed by atoms with van der Waals surface area (Å²) < 4.78 is 5.47. The van der Waals surface area contributed by atoms with Crippen LogP contribution in [0.1, 0.15) is 46.5 Å². The second-order valence-corrected chi connectivity index (χ2v) is 4.44. The van der Waals surface area contributed by atoms with Crippen LogP contribution in [0.15, 0.2) is 5.16 Å². The second kappa shape index (κ2) is 7.51. The van der Waals surface area contributed by atoms with Gasteiger partial charge in [-0.05, 0) is 12.8 Å². The van der Waals surface area contributed by atoms with E-state index in [9.17, 15) is 0 Å². The van der Waals surface area contributed by atoms with Gasteiger partial charge in [0.25, 0.3) is 0 Å². The fourth-order valence-corrected chi connectivity index (χ4v) is 1.15. The van der Waals surface area contributed by atoms with E-state index in [4.69, 9.17) is 15.7 Å². The molecule has 0 spiro atoms. The molecule has 0 atom stereocenters. The van der Waals surface area contributed by atoms with Gasteiger partial charge in [0.2, 0.25) is 0 Å². The van der Waals surface area contributed by atoms with Gasteiger partial charge < -0.3 is 15.7 Å². The summed E-state index contributed by atoms with van der Waals surface area (Å²) in [4.78, 5) is 0. The molecule has 3 N–H and O–H groups in total. The van der Waals surface area contributed by atoms with Crippen LogP contribution in [0, 0.1) is 5.41 Å². The minimum atomic E-state index is -0.292. The Morgan fingerprint density at radius 2 is 2.00 bits per heavy atom. The van der Waals surface area contributed by atoms with Crippen molar-refractivity contribution in [2.75, 3.05) is 13.2 Å². The Balaban J connectivity index is 3.58. The monoisotopic (exact) mass is 216 g/mol. The first kappa shape index (κ1) is 14.2. The Morgan fingerprint density at radius 1 is 1.33 bits per heavy atom. The first-order valence-corrected chi connectivity index (χ1v) is 5.60. The molecule has 0 amide bonds. The number of oxime groups is 1. The summed E-state index contributed by atoms with van der Waals surface area (Å²) in [7, 11) is 0. The largest absolute Gasteiger partial charge is 0.409 e. The van der Waals surface area contributed by atoms with Crippen LogP contribution in [0.4, 0.5) is 0 Å². The molecule has 0 rings (SSSR count). The zero-order valence-corrected chi connectivity index (χ0v) is 10.1. The lowest BCUT2D eigenvalue weighted by Gasteiger charge is -2.22. The van der Waals surface area contributed by atoms with Gasteiger partial charge in [0.15, 0.2) is 0 Å². The molecular formula is C11H24N2O2. The minimum absolute atomic E-state index is 0.264. The van der Waals surface area contributed by atoms with Crippen molar-refractivity contribution in [2.45, 2.75) is 46.5 Å². The lowest BCUT2D eigenvalue weighted by atomic mass is 9.88. The van der Waals surface area contributed by atoms with Gasteiger partial charge in [0, 0.05) is 18.6 Å². The van der Waals surface area contributed by atoms with Crippen molar-refractivity contribution in [1.29, 1.82) is 0 Å². The first-order chi connectivity index (χ1) is 7.04. The highest BCUT2D eigenvalue weighted by Crippen LogP contribution is 2.20. The third kappa shape index (κ3) is 6.33. The van der Waals surface area contributed by atoms with E-state index in [1.54, 1.807) is 0 Å². The van der Waals surface area contributed by atoms with Crippen LogP contribution in [0.3, 0.4) is 0 Å². The van der Waals surface area contributed by atoms with Crippen LogP contribution in [0.5, 0.6) is 0 Å². The molecule has 0 aromatic rings. The zero-order chi connectivity index (χ0) is 11.7. The molecule has 0 saturated carbocycles. The summed E-state index contributed by atoms with van der Waals surface area (Å²) >= 11 is 0. The van der Waals surface area contributed by atoms with Crippen molar-refractivity contribution in [3.8, 4) is 0 Å². The van der Waals surface area contributed by atoms with E-state index in [0.29, 0.717) is 6.61 Å². The van der Waals surface area contributed by atoms with E-state index in [1.807, 2.05) is 13.8 Å². The molecular weight excluding hydrogens is 192 g/mol. The van der Waals surface area contributed by atoms with Gasteiger partial charge in [-0.25, -0.2) is 0 Å². The minimum Gasteiger partial charge on any atom is -0.409 e. The number of rotatable bonds is 8. The fourth-order valence-electron chi connectivity index (χ4n) is 1.15. The van der Waals surface area contributed by atoms with Crippen molar-refractivity contribution in [3.05, 3.63) is 0 Å². The third-order valence-electron chi connectivity index (χ3n) is 2.56. The van der Waals surface area contributed by atoms with Crippen LogP contribution < -0.4 is 5.73 Å². The number of hydrogen-bond acceptors (Lipinski definition) is 3. The quantitative estimate of drug-likeness (QED) is 0.215. The van der Waals surface area contributed by atoms with E-state index < -0.39 is 0 Å². The van der Waals surface area contributed by atoms with Crippen molar-refractivity contribution in [2.24, 2.45) is 16.3 Å². The fraction of sp³-hybridized carbons (Fsp3) is 0.909. The van der Waals surface area contributed by atoms with Crippen LogP contribution in [0.25, 0.3) is 0 Å². The SMILES string of the molecule is CCCCCOCCC(C)(C)C(N)=NO. The lowest BCUT2D eigenvalue weighted by molar-refractivity contribution is 0.112. The van der Waals surface area contributed by atoms with Gasteiger partial charge in [-0.3, -0.25) is 0 Å². The predicted molar refractivity (Wildman–Crippen MR) is 62.2 cm³/mol. The first-order valence-electron chi connectivity index (χ1n) is 5.60. The molecule has 0 fully saturated rings. The summed E-state index contributed by atoms with van der Waals surface area (Å²) in [6, 6.07) is 0. The topological polar surface area (TPSA) is 67.8 Å². The van der Waals surface area contributed by atoms with Crippen molar-refractivity contribution >= 4 is 5.84 Å². The van der Waals surface area contributed by atoms with Crippen LogP contribution >= 0.6 is 0 Å². The molecule has 15 heavy (non-hydrogen) atoms. The maximum Gasteiger partial charge on any atom is 0.144 e. The van der Waals surface area contributed by atoms with Crippen molar-refractivity contribution in [3.63, 3.8) is 0 Å². The normalized spacial score (nSPS) is 13.1. The Bertz CT molecular complexity index is 191. The summed E-state index contributed by atoms with van der Waals surface area (Å²) in [5.74, 6) is 0.264. The maximum absolute atomic E-state index is 8.57. The standard InChI is InChI=1S/C11H24N2O2/c1-4-5-6-8-15-9-7-11(2,3)10(12)13-14/h14H,4-9H2,1-3H3,(H2,12,13). The van der Waals surface area contributed by atoms with E-state index >= 15 is 0 Å². The van der Waals surface area contributed by atoms with Crippen LogP contribution in [-0.2, 0) is 4.74 Å². The molecule has 4 nitrogen and oxygen atoms in total. The average molecular weight is 216 g/mol. The average Bonchev–Trinajstić information content (AvgIpc) is 2.22. The van der Waals surface area contributed by atoms with Gasteiger partial charge in [0.1, 0.15) is 5.84 Å². The van der Waals surface area contributed by atoms with E-state index in [0.717, 1.165) is 19.4 Å². The molecule has 0 saturated heterocycles. The highest BCUT2D eigenvalue weighted by Gasteiger charge is 2.22. The van der Waals surface area contributed by atoms with Crippen LogP contribution in [-0.4, -0.2) is 24.3 Å². The van der Waals surface area contributed by atoms with Gasteiger partial charge >= 0.3 is 0 Å². The molecule has 4 heteroatoms. The maximum atomic E-state index is 8.57. The summed E-state index contributed by atoms with van der Waals surface area (Å²) in [5, 5.41) is 11.6. The molecule has 0 heterocycles. The predicted octanol–water partition coefficient (Wildman–Crippen LogP) is 2.36. The molecule has 0 aromatic carbocycles. The van der Waals surface area contributed by atoms with Crippen molar-refractivity contribution in [1.82, 2.24) is 0 Å². The molecule has 0 radical (unpaired) electrons. The lowest BCUT2D eigenvalue weighted by Crippen LogP contribution is -2.33. The second-order valence-electron chi connectivity index (χ2n) is 4.44. The molecule has 0 aromatic heterocycles. The summed E-state index contributed by atoms with van der Waals surface area (Å²) in [5.41, 5.74) is 5.27. The Morgan fingerprint density at radius 3 is 2.53 bits per heavy atom. The zero-order valence-electron chi connectivity index (χ0n) is 10.1. The molecule has 90 valence electrons.